The lowest BCUT2D eigenvalue weighted by Gasteiger charge is -2.34. The van der Waals surface area contributed by atoms with Gasteiger partial charge in [-0.25, -0.2) is 4.79 Å². The van der Waals surface area contributed by atoms with Gasteiger partial charge in [0.1, 0.15) is 24.2 Å². The van der Waals surface area contributed by atoms with Crippen LogP contribution >= 0.6 is 0 Å². The van der Waals surface area contributed by atoms with Crippen molar-refractivity contribution >= 4 is 23.8 Å². The highest BCUT2D eigenvalue weighted by Gasteiger charge is 2.37. The van der Waals surface area contributed by atoms with E-state index in [0.717, 1.165) is 48.1 Å². The number of nitrogens with zero attached hydrogens (tertiary/aromatic N) is 2. The predicted molar refractivity (Wildman–Crippen MR) is 143 cm³/mol. The van der Waals surface area contributed by atoms with Gasteiger partial charge in [0.2, 0.25) is 17.7 Å². The lowest BCUT2D eigenvalue weighted by Crippen LogP contribution is -2.54. The van der Waals surface area contributed by atoms with E-state index in [1.165, 1.54) is 0 Å². The molecule has 2 atom stereocenters. The first kappa shape index (κ1) is 30.6. The average Bonchev–Trinajstić information content (AvgIpc) is 2.82. The smallest absolute Gasteiger partial charge is 0.408 e. The molecule has 4 amide bonds. The number of rotatable bonds is 10. The van der Waals surface area contributed by atoms with Crippen LogP contribution in [-0.2, 0) is 19.1 Å². The van der Waals surface area contributed by atoms with Gasteiger partial charge in [-0.1, -0.05) is 37.5 Å². The van der Waals surface area contributed by atoms with Crippen molar-refractivity contribution in [1.29, 1.82) is 5.26 Å². The minimum Gasteiger partial charge on any atom is -0.444 e. The molecule has 1 aliphatic carbocycles. The number of aryl methyl sites for hydroxylation is 2. The van der Waals surface area contributed by atoms with Crippen molar-refractivity contribution in [1.82, 2.24) is 15.5 Å². The van der Waals surface area contributed by atoms with E-state index in [-0.39, 0.29) is 18.9 Å². The Labute approximate surface area is 225 Å². The second kappa shape index (κ2) is 13.8. The van der Waals surface area contributed by atoms with E-state index in [0.29, 0.717) is 5.56 Å². The Morgan fingerprint density at radius 3 is 2.34 bits per heavy atom. The lowest BCUT2D eigenvalue weighted by molar-refractivity contribution is -0.142. The van der Waals surface area contributed by atoms with Crippen molar-refractivity contribution in [2.75, 3.05) is 6.54 Å². The number of benzene rings is 1. The molecule has 0 spiro atoms. The summed E-state index contributed by atoms with van der Waals surface area (Å²) in [5.74, 6) is -1.73. The van der Waals surface area contributed by atoms with Crippen molar-refractivity contribution in [2.24, 2.45) is 5.73 Å². The molecule has 0 bridgehead atoms. The number of primary amides is 1. The minimum absolute atomic E-state index is 0.0186. The number of hydrogen-bond acceptors (Lipinski definition) is 6. The maximum absolute atomic E-state index is 13.9. The first-order valence-corrected chi connectivity index (χ1v) is 13.1. The third-order valence-electron chi connectivity index (χ3n) is 6.55. The largest absolute Gasteiger partial charge is 0.444 e. The maximum Gasteiger partial charge on any atom is 0.408 e. The molecule has 0 radical (unpaired) electrons. The third-order valence-corrected chi connectivity index (χ3v) is 6.55. The average molecular weight is 528 g/mol. The molecule has 208 valence electrons. The second-order valence-electron chi connectivity index (χ2n) is 10.9. The number of nitrogens with one attached hydrogen (secondary N) is 2. The molecular weight excluding hydrogens is 486 g/mol. The Balaban J connectivity index is 2.47. The number of nitriles is 1. The van der Waals surface area contributed by atoms with Crippen molar-refractivity contribution in [2.45, 2.75) is 103 Å². The van der Waals surface area contributed by atoms with E-state index in [2.05, 4.69) is 10.6 Å². The zero-order chi connectivity index (χ0) is 28.5. The molecule has 10 heteroatoms. The summed E-state index contributed by atoms with van der Waals surface area (Å²) in [6.07, 6.45) is 3.67. The Hall–Kier alpha value is -3.61. The zero-order valence-electron chi connectivity index (χ0n) is 23.1. The summed E-state index contributed by atoms with van der Waals surface area (Å²) in [5, 5.41) is 15.2. The van der Waals surface area contributed by atoms with E-state index in [4.69, 9.17) is 10.5 Å². The quantitative estimate of drug-likeness (QED) is 0.397. The topological polar surface area (TPSA) is 155 Å². The fraction of sp³-hybridized carbons (Fsp3) is 0.607. The highest BCUT2D eigenvalue weighted by Crippen LogP contribution is 2.27. The molecule has 38 heavy (non-hydrogen) atoms. The lowest BCUT2D eigenvalue weighted by atomic mass is 9.94. The number of nitrogens with two attached hydrogens (primary N) is 1. The summed E-state index contributed by atoms with van der Waals surface area (Å²) in [4.78, 5) is 52.8. The van der Waals surface area contributed by atoms with E-state index in [9.17, 15) is 24.4 Å². The van der Waals surface area contributed by atoms with E-state index in [1.54, 1.807) is 26.8 Å². The predicted octanol–water partition coefficient (Wildman–Crippen LogP) is 3.30. The first-order chi connectivity index (χ1) is 17.8. The van der Waals surface area contributed by atoms with Crippen LogP contribution in [0.25, 0.3) is 0 Å². The van der Waals surface area contributed by atoms with Gasteiger partial charge in [-0.15, -0.1) is 0 Å². The molecule has 2 rings (SSSR count). The van der Waals surface area contributed by atoms with Crippen LogP contribution in [0.4, 0.5) is 4.79 Å². The number of ether oxygens (including phenoxy) is 1. The molecule has 0 saturated heterocycles. The van der Waals surface area contributed by atoms with Crippen LogP contribution in [-0.4, -0.2) is 52.9 Å². The second-order valence-corrected chi connectivity index (χ2v) is 10.9. The van der Waals surface area contributed by atoms with Gasteiger partial charge in [0.05, 0.1) is 6.07 Å². The normalized spacial score (nSPS) is 15.5. The van der Waals surface area contributed by atoms with Crippen LogP contribution in [0.5, 0.6) is 0 Å². The van der Waals surface area contributed by atoms with Crippen molar-refractivity contribution in [3.63, 3.8) is 0 Å². The zero-order valence-corrected chi connectivity index (χ0v) is 23.1. The number of carbonyl (C=O) groups is 4. The maximum atomic E-state index is 13.9. The van der Waals surface area contributed by atoms with E-state index in [1.807, 2.05) is 32.0 Å². The molecule has 0 aliphatic heterocycles. The summed E-state index contributed by atoms with van der Waals surface area (Å²) < 4.78 is 5.31. The Morgan fingerprint density at radius 2 is 1.79 bits per heavy atom. The SMILES string of the molecule is Cc1ccc(C(C(=O)NC2CCCCC2)N(CC#N)C(=O)C(CCC(N)=O)NC(=O)OC(C)(C)C)cc1C. The molecular formula is C28H41N5O5. The van der Waals surface area contributed by atoms with Gasteiger partial charge in [0.25, 0.3) is 0 Å². The molecule has 10 nitrogen and oxygen atoms in total. The summed E-state index contributed by atoms with van der Waals surface area (Å²) in [6.45, 7) is 8.49. The van der Waals surface area contributed by atoms with Gasteiger partial charge in [0.15, 0.2) is 0 Å². The fourth-order valence-electron chi connectivity index (χ4n) is 4.50. The molecule has 1 aliphatic rings. The van der Waals surface area contributed by atoms with Crippen LogP contribution in [0.3, 0.4) is 0 Å². The monoisotopic (exact) mass is 527 g/mol. The standard InChI is InChI=1S/C28H41N5O5/c1-18-11-12-20(17-19(18)2)24(25(35)31-21-9-7-6-8-10-21)33(16-15-29)26(36)22(13-14-23(30)34)32-27(37)38-28(3,4)5/h11-12,17,21-22,24H,6-10,13-14,16H2,1-5H3,(H2,30,34)(H,31,35)(H,32,37). The van der Waals surface area contributed by atoms with Gasteiger partial charge in [-0.3, -0.25) is 14.4 Å². The van der Waals surface area contributed by atoms with Gasteiger partial charge in [0, 0.05) is 12.5 Å². The van der Waals surface area contributed by atoms with Crippen LogP contribution < -0.4 is 16.4 Å². The van der Waals surface area contributed by atoms with Crippen LogP contribution in [0.2, 0.25) is 0 Å². The summed E-state index contributed by atoms with van der Waals surface area (Å²) in [7, 11) is 0. The van der Waals surface area contributed by atoms with Gasteiger partial charge >= 0.3 is 6.09 Å². The molecule has 4 N–H and O–H groups in total. The summed E-state index contributed by atoms with van der Waals surface area (Å²) >= 11 is 0. The summed E-state index contributed by atoms with van der Waals surface area (Å²) in [6, 6.07) is 5.09. The van der Waals surface area contributed by atoms with Gasteiger partial charge in [-0.2, -0.15) is 5.26 Å². The van der Waals surface area contributed by atoms with Crippen LogP contribution in [0, 0.1) is 25.2 Å². The van der Waals surface area contributed by atoms with Crippen molar-refractivity contribution < 1.29 is 23.9 Å². The molecule has 0 aromatic heterocycles. The fourth-order valence-corrected chi connectivity index (χ4v) is 4.50. The van der Waals surface area contributed by atoms with Crippen LogP contribution in [0.15, 0.2) is 18.2 Å². The minimum atomic E-state index is -1.23. The molecule has 1 aromatic rings. The Kier molecular flexibility index (Phi) is 11.1. The van der Waals surface area contributed by atoms with Gasteiger partial charge in [-0.05, 0) is 70.6 Å². The molecule has 0 heterocycles. The van der Waals surface area contributed by atoms with Gasteiger partial charge < -0.3 is 26.0 Å². The first-order valence-electron chi connectivity index (χ1n) is 13.1. The van der Waals surface area contributed by atoms with Crippen LogP contribution in [0.1, 0.15) is 88.4 Å². The number of alkyl carbamates (subject to hydrolysis) is 1. The molecule has 1 fully saturated rings. The highest BCUT2D eigenvalue weighted by molar-refractivity contribution is 5.92. The number of amides is 4. The van der Waals surface area contributed by atoms with E-state index < -0.39 is 48.0 Å². The molecule has 1 aromatic carbocycles. The Morgan fingerprint density at radius 1 is 1.13 bits per heavy atom. The van der Waals surface area contributed by atoms with Crippen molar-refractivity contribution in [3.05, 3.63) is 34.9 Å². The third kappa shape index (κ3) is 9.36. The Bertz CT molecular complexity index is 1050. The molecule has 2 unspecified atom stereocenters. The highest BCUT2D eigenvalue weighted by atomic mass is 16.6. The number of hydrogen-bond donors (Lipinski definition) is 3. The summed E-state index contributed by atoms with van der Waals surface area (Å²) in [5.41, 5.74) is 6.99. The van der Waals surface area contributed by atoms with Crippen molar-refractivity contribution in [3.8, 4) is 6.07 Å². The van der Waals surface area contributed by atoms with E-state index >= 15 is 0 Å². The molecule has 1 saturated carbocycles. The number of carbonyl (C=O) groups excluding carboxylic acids is 4.